The molecule has 3 nitrogen and oxygen atoms in total. The summed E-state index contributed by atoms with van der Waals surface area (Å²) in [5.41, 5.74) is 5.85. The van der Waals surface area contributed by atoms with Crippen LogP contribution in [0.5, 0.6) is 0 Å². The first-order valence-corrected chi connectivity index (χ1v) is 12.4. The lowest BCUT2D eigenvalue weighted by atomic mass is 9.51. The highest BCUT2D eigenvalue weighted by Gasteiger charge is 2.62. The third-order valence-corrected chi connectivity index (χ3v) is 9.38. The molecule has 3 heteroatoms. The molecule has 32 heavy (non-hydrogen) atoms. The summed E-state index contributed by atoms with van der Waals surface area (Å²) in [5.74, 6) is 1.48. The summed E-state index contributed by atoms with van der Waals surface area (Å²) in [7, 11) is 0. The van der Waals surface area contributed by atoms with Crippen LogP contribution in [0, 0.1) is 17.3 Å². The Hall–Kier alpha value is -1.97. The summed E-state index contributed by atoms with van der Waals surface area (Å²) in [5, 5.41) is 21.4. The zero-order valence-electron chi connectivity index (χ0n) is 19.3. The average molecular weight is 433 g/mol. The second kappa shape index (κ2) is 8.11. The van der Waals surface area contributed by atoms with Crippen molar-refractivity contribution in [3.63, 3.8) is 0 Å². The quantitative estimate of drug-likeness (QED) is 0.624. The number of aliphatic hydroxyl groups excluding tert-OH is 1. The number of allylic oxidation sites excluding steroid dienone is 4. The van der Waals surface area contributed by atoms with Gasteiger partial charge in [-0.2, -0.15) is 0 Å². The van der Waals surface area contributed by atoms with Gasteiger partial charge in [-0.3, -0.25) is 4.79 Å². The molecule has 5 atom stereocenters. The molecule has 1 aromatic rings. The number of hydrogen-bond acceptors (Lipinski definition) is 3. The fourth-order valence-corrected chi connectivity index (χ4v) is 7.70. The van der Waals surface area contributed by atoms with Crippen molar-refractivity contribution in [2.24, 2.45) is 17.3 Å². The largest absolute Gasteiger partial charge is 0.396 e. The Morgan fingerprint density at radius 3 is 2.66 bits per heavy atom. The van der Waals surface area contributed by atoms with Crippen molar-refractivity contribution in [2.45, 2.75) is 76.2 Å². The Balaban J connectivity index is 1.64. The molecule has 1 aromatic carbocycles. The van der Waals surface area contributed by atoms with Gasteiger partial charge in [-0.05, 0) is 91.6 Å². The van der Waals surface area contributed by atoms with E-state index in [-0.39, 0.29) is 23.7 Å². The number of carbonyl (C=O) groups excluding carboxylic acids is 1. The second-order valence-electron chi connectivity index (χ2n) is 10.8. The molecule has 0 amide bonds. The zero-order chi connectivity index (χ0) is 22.5. The van der Waals surface area contributed by atoms with Gasteiger partial charge in [-0.25, -0.2) is 0 Å². The molecule has 0 aromatic heterocycles. The van der Waals surface area contributed by atoms with E-state index in [1.165, 1.54) is 16.7 Å². The molecule has 0 unspecified atom stereocenters. The number of ketones is 1. The second-order valence-corrected chi connectivity index (χ2v) is 10.8. The fourth-order valence-electron chi connectivity index (χ4n) is 7.70. The Kier molecular flexibility index (Phi) is 5.54. The highest BCUT2D eigenvalue weighted by atomic mass is 16.3. The molecule has 0 radical (unpaired) electrons. The van der Waals surface area contributed by atoms with Gasteiger partial charge in [0.05, 0.1) is 5.60 Å². The van der Waals surface area contributed by atoms with Gasteiger partial charge >= 0.3 is 0 Å². The van der Waals surface area contributed by atoms with E-state index in [1.54, 1.807) is 5.57 Å². The fraction of sp³-hybridized carbons (Fsp3) is 0.552. The van der Waals surface area contributed by atoms with E-state index in [1.807, 2.05) is 12.2 Å². The van der Waals surface area contributed by atoms with Gasteiger partial charge in [-0.1, -0.05) is 49.4 Å². The Bertz CT molecular complexity index is 984. The Morgan fingerprint density at radius 1 is 1.16 bits per heavy atom. The maximum Gasteiger partial charge on any atom is 0.156 e. The standard InChI is InChI=1S/C29H36O3/c1-3-19-5-7-20(8-6-19)25-18-28(2)26(13-15-29(28,32)14-4-16-30)24-11-9-21-17-22(31)10-12-23(21)27(24)25/h3,5-8,17,24-26,30,32H,1,4,9-16,18H2,2H3/t24-,25+,26-,28+,29-/m0/s1. The minimum atomic E-state index is -0.714. The van der Waals surface area contributed by atoms with Crippen molar-refractivity contribution in [3.8, 4) is 0 Å². The van der Waals surface area contributed by atoms with Crippen LogP contribution in [0.15, 0.2) is 53.6 Å². The SMILES string of the molecule is C=Cc1ccc([C@H]2C[C@]3(C)[C@@H](CC[C@@]3(O)CCCO)[C@@H]3CCC4=CC(=O)CCC4=C32)cc1. The van der Waals surface area contributed by atoms with Crippen molar-refractivity contribution >= 4 is 11.9 Å². The summed E-state index contributed by atoms with van der Waals surface area (Å²) >= 11 is 0. The van der Waals surface area contributed by atoms with Gasteiger partial charge in [0.15, 0.2) is 5.78 Å². The summed E-state index contributed by atoms with van der Waals surface area (Å²) in [4.78, 5) is 12.2. The molecule has 0 aliphatic heterocycles. The molecule has 0 spiro atoms. The van der Waals surface area contributed by atoms with Crippen LogP contribution in [-0.4, -0.2) is 28.2 Å². The minimum absolute atomic E-state index is 0.135. The molecule has 2 N–H and O–H groups in total. The normalized spacial score (nSPS) is 36.3. The number of fused-ring (bicyclic) bond motifs is 4. The van der Waals surface area contributed by atoms with E-state index >= 15 is 0 Å². The van der Waals surface area contributed by atoms with Gasteiger partial charge < -0.3 is 10.2 Å². The third-order valence-electron chi connectivity index (χ3n) is 9.38. The van der Waals surface area contributed by atoms with Crippen LogP contribution in [-0.2, 0) is 4.79 Å². The smallest absolute Gasteiger partial charge is 0.156 e. The van der Waals surface area contributed by atoms with Crippen molar-refractivity contribution in [1.29, 1.82) is 0 Å². The van der Waals surface area contributed by atoms with Crippen molar-refractivity contribution in [3.05, 3.63) is 64.8 Å². The molecule has 0 heterocycles. The highest BCUT2D eigenvalue weighted by Crippen LogP contribution is 2.67. The average Bonchev–Trinajstić information content (AvgIpc) is 3.07. The zero-order valence-corrected chi connectivity index (χ0v) is 19.3. The Labute approximate surface area is 191 Å². The number of hydrogen-bond donors (Lipinski definition) is 2. The predicted molar refractivity (Wildman–Crippen MR) is 128 cm³/mol. The molecule has 0 saturated heterocycles. The number of carbonyl (C=O) groups is 1. The lowest BCUT2D eigenvalue weighted by molar-refractivity contribution is -0.114. The van der Waals surface area contributed by atoms with Crippen LogP contribution in [0.2, 0.25) is 0 Å². The van der Waals surface area contributed by atoms with E-state index < -0.39 is 5.60 Å². The van der Waals surface area contributed by atoms with Crippen molar-refractivity contribution in [2.75, 3.05) is 6.61 Å². The molecule has 2 fully saturated rings. The summed E-state index contributed by atoms with van der Waals surface area (Å²) in [6.45, 7) is 6.36. The maximum absolute atomic E-state index is 12.2. The third kappa shape index (κ3) is 3.28. The van der Waals surface area contributed by atoms with Crippen molar-refractivity contribution in [1.82, 2.24) is 0 Å². The first-order chi connectivity index (χ1) is 15.4. The van der Waals surface area contributed by atoms with Gasteiger partial charge in [0, 0.05) is 24.4 Å². The van der Waals surface area contributed by atoms with E-state index in [0.29, 0.717) is 31.1 Å². The summed E-state index contributed by atoms with van der Waals surface area (Å²) in [6.07, 6.45) is 11.5. The Morgan fingerprint density at radius 2 is 1.94 bits per heavy atom. The molecule has 4 aliphatic rings. The van der Waals surface area contributed by atoms with Crippen LogP contribution in [0.4, 0.5) is 0 Å². The summed E-state index contributed by atoms with van der Waals surface area (Å²) < 4.78 is 0. The molecular weight excluding hydrogens is 396 g/mol. The number of rotatable bonds is 5. The van der Waals surface area contributed by atoms with E-state index in [0.717, 1.165) is 44.1 Å². The first kappa shape index (κ1) is 21.9. The van der Waals surface area contributed by atoms with Crippen LogP contribution < -0.4 is 0 Å². The molecule has 5 rings (SSSR count). The van der Waals surface area contributed by atoms with Gasteiger partial charge in [-0.15, -0.1) is 0 Å². The maximum atomic E-state index is 12.2. The van der Waals surface area contributed by atoms with Crippen LogP contribution in [0.3, 0.4) is 0 Å². The summed E-state index contributed by atoms with van der Waals surface area (Å²) in [6, 6.07) is 8.77. The molecule has 170 valence electrons. The molecule has 2 saturated carbocycles. The molecule has 0 bridgehead atoms. The van der Waals surface area contributed by atoms with Gasteiger partial charge in [0.25, 0.3) is 0 Å². The predicted octanol–water partition coefficient (Wildman–Crippen LogP) is 5.73. The van der Waals surface area contributed by atoms with Gasteiger partial charge in [0.2, 0.25) is 0 Å². The number of aliphatic hydroxyl groups is 2. The highest BCUT2D eigenvalue weighted by molar-refractivity contribution is 5.93. The lowest BCUT2D eigenvalue weighted by Crippen LogP contribution is -2.51. The first-order valence-electron chi connectivity index (χ1n) is 12.4. The van der Waals surface area contributed by atoms with Crippen LogP contribution in [0.1, 0.15) is 81.8 Å². The van der Waals surface area contributed by atoms with Crippen LogP contribution >= 0.6 is 0 Å². The van der Waals surface area contributed by atoms with Gasteiger partial charge in [0.1, 0.15) is 0 Å². The topological polar surface area (TPSA) is 57.5 Å². The van der Waals surface area contributed by atoms with Crippen LogP contribution in [0.25, 0.3) is 6.08 Å². The van der Waals surface area contributed by atoms with Crippen molar-refractivity contribution < 1.29 is 15.0 Å². The number of benzene rings is 1. The molecule has 4 aliphatic carbocycles. The monoisotopic (exact) mass is 432 g/mol. The van der Waals surface area contributed by atoms with E-state index in [9.17, 15) is 15.0 Å². The van der Waals surface area contributed by atoms with E-state index in [4.69, 9.17) is 0 Å². The van der Waals surface area contributed by atoms with E-state index in [2.05, 4.69) is 37.8 Å². The lowest BCUT2D eigenvalue weighted by Gasteiger charge is -2.55. The minimum Gasteiger partial charge on any atom is -0.396 e. The molecular formula is C29H36O3.